The Kier molecular flexibility index (Phi) is 10.2. The number of anilines is 1. The molecule has 3 aromatic rings. The van der Waals surface area contributed by atoms with Crippen LogP contribution in [0.25, 0.3) is 0 Å². The van der Waals surface area contributed by atoms with Crippen molar-refractivity contribution in [3.8, 4) is 11.6 Å². The number of halogens is 1. The van der Waals surface area contributed by atoms with Crippen molar-refractivity contribution in [3.63, 3.8) is 0 Å². The van der Waals surface area contributed by atoms with Crippen molar-refractivity contribution in [1.29, 1.82) is 0 Å². The molecule has 1 spiro atoms. The van der Waals surface area contributed by atoms with E-state index < -0.39 is 21.7 Å². The molecule has 1 saturated carbocycles. The lowest BCUT2D eigenvalue weighted by molar-refractivity contribution is -0.0382. The highest BCUT2D eigenvalue weighted by molar-refractivity contribution is 7.92. The topological polar surface area (TPSA) is 134 Å². The minimum absolute atomic E-state index is 0.0298. The average molecular weight is 780 g/mol. The van der Waals surface area contributed by atoms with E-state index in [9.17, 15) is 13.8 Å². The molecule has 1 aromatic heterocycles. The molecule has 1 N–H and O–H groups in total. The van der Waals surface area contributed by atoms with Gasteiger partial charge in [-0.15, -0.1) is 9.46 Å². The van der Waals surface area contributed by atoms with Crippen molar-refractivity contribution in [2.45, 2.75) is 69.5 Å². The zero-order valence-electron chi connectivity index (χ0n) is 31.4. The maximum absolute atomic E-state index is 14.8. The number of rotatable bonds is 4. The molecule has 1 unspecified atom stereocenters. The van der Waals surface area contributed by atoms with Gasteiger partial charge in [0, 0.05) is 56.1 Å². The van der Waals surface area contributed by atoms with Crippen LogP contribution in [-0.2, 0) is 38.3 Å². The fourth-order valence-electron chi connectivity index (χ4n) is 9.68. The molecular weight excluding hydrogens is 730 g/mol. The number of fused-ring (bicyclic) bond motifs is 5. The van der Waals surface area contributed by atoms with Crippen LogP contribution in [0.5, 0.6) is 11.6 Å². The number of nitrogens with zero attached hydrogens (tertiary/aromatic N) is 4. The van der Waals surface area contributed by atoms with Gasteiger partial charge in [0.15, 0.2) is 0 Å². The summed E-state index contributed by atoms with van der Waals surface area (Å²) in [6.07, 6.45) is 7.57. The minimum atomic E-state index is -3.65. The highest BCUT2D eigenvalue weighted by atomic mass is 35.5. The Bertz CT molecular complexity index is 2060. The second-order valence-corrected chi connectivity index (χ2v) is 18.5. The molecule has 12 nitrogen and oxygen atoms in total. The summed E-state index contributed by atoms with van der Waals surface area (Å²) in [6, 6.07) is 11.6. The monoisotopic (exact) mass is 779 g/mol. The number of methoxy groups -OCH3 is 2. The molecule has 1 saturated heterocycles. The van der Waals surface area contributed by atoms with Crippen molar-refractivity contribution in [3.05, 3.63) is 69.9 Å². The first kappa shape index (κ1) is 37.3. The number of aryl methyl sites for hydroxylation is 2. The molecule has 5 aliphatic rings. The van der Waals surface area contributed by atoms with Crippen molar-refractivity contribution in [2.75, 3.05) is 51.2 Å². The minimum Gasteiger partial charge on any atom is -0.490 e. The van der Waals surface area contributed by atoms with Gasteiger partial charge in [-0.2, -0.15) is 0 Å². The number of hydrogen-bond acceptors (Lipinski definition) is 9. The number of hydrogen-bond donors (Lipinski definition) is 1. The van der Waals surface area contributed by atoms with Gasteiger partial charge in [0.1, 0.15) is 21.2 Å². The van der Waals surface area contributed by atoms with E-state index in [0.29, 0.717) is 43.8 Å². The Morgan fingerprint density at radius 1 is 1.13 bits per heavy atom. The third-order valence-electron chi connectivity index (χ3n) is 12.7. The Labute approximate surface area is 322 Å². The van der Waals surface area contributed by atoms with E-state index in [0.717, 1.165) is 55.8 Å². The lowest BCUT2D eigenvalue weighted by Gasteiger charge is -2.47. The van der Waals surface area contributed by atoms with Crippen LogP contribution in [-0.4, -0.2) is 84.3 Å². The Hall–Kier alpha value is -3.65. The third kappa shape index (κ3) is 7.01. The van der Waals surface area contributed by atoms with Gasteiger partial charge in [-0.05, 0) is 110 Å². The van der Waals surface area contributed by atoms with Crippen molar-refractivity contribution >= 4 is 39.0 Å². The first-order chi connectivity index (χ1) is 26.0. The molecule has 3 aliphatic heterocycles. The third-order valence-corrected chi connectivity index (χ3v) is 14.7. The van der Waals surface area contributed by atoms with E-state index in [1.807, 2.05) is 25.3 Å². The van der Waals surface area contributed by atoms with Gasteiger partial charge in [-0.25, -0.2) is 4.21 Å². The lowest BCUT2D eigenvalue weighted by atomic mass is 9.67. The van der Waals surface area contributed by atoms with E-state index in [1.165, 1.54) is 29.1 Å². The van der Waals surface area contributed by atoms with Crippen molar-refractivity contribution in [2.24, 2.45) is 35.1 Å². The molecule has 2 aromatic carbocycles. The smallest absolute Gasteiger partial charge is 0.286 e. The van der Waals surface area contributed by atoms with Gasteiger partial charge in [-0.3, -0.25) is 19.0 Å². The second kappa shape index (κ2) is 14.8. The number of benzene rings is 2. The summed E-state index contributed by atoms with van der Waals surface area (Å²) in [5.41, 5.74) is 3.43. The molecule has 2 aliphatic carbocycles. The maximum atomic E-state index is 14.8. The first-order valence-electron chi connectivity index (χ1n) is 19.1. The average Bonchev–Trinajstić information content (AvgIpc) is 3.66. The first-order valence-corrected chi connectivity index (χ1v) is 21.2. The number of carbonyl (C=O) groups excluding carboxylic acids is 2. The zero-order valence-corrected chi connectivity index (χ0v) is 33.0. The molecule has 4 heterocycles. The highest BCUT2D eigenvalue weighted by Crippen LogP contribution is 2.48. The van der Waals surface area contributed by atoms with Gasteiger partial charge in [0.25, 0.3) is 11.8 Å². The largest absolute Gasteiger partial charge is 0.490 e. The lowest BCUT2D eigenvalue weighted by Crippen LogP contribution is -2.50. The van der Waals surface area contributed by atoms with Crippen LogP contribution in [0.1, 0.15) is 77.3 Å². The van der Waals surface area contributed by atoms with E-state index in [4.69, 9.17) is 30.5 Å². The molecular formula is C40H50ClN5O7S. The van der Waals surface area contributed by atoms with Gasteiger partial charge < -0.3 is 23.8 Å². The highest BCUT2D eigenvalue weighted by Gasteiger charge is 2.46. The number of ether oxygens (including phenoxy) is 4. The Balaban J connectivity index is 1.21. The van der Waals surface area contributed by atoms with Crippen LogP contribution in [0.15, 0.2) is 47.0 Å². The SMILES string of the molecule is COc1nn(C)cc1C(=O)NS1(=O)=NC(=O)c2ccc3c(c2)N(C[C@@H]2CC[C@H]2[C@@H](OC)C[C@H]2[C@@H](C)CO[C@@H]2CC1)C[C@@]1(CCCc2cc(Cl)ccc21)CO3. The van der Waals surface area contributed by atoms with Crippen LogP contribution in [0.2, 0.25) is 5.02 Å². The standard InChI is InChI=1S/C40H50ClN5O7S/c1-24-21-52-34-13-15-54(49,44-38(48)31-20-45(2)42-39(31)51-4)43-37(47)26-8-12-35-33(17-26)46(19-27-7-10-29(27)36(50-3)18-30(24)34)22-40(23-53-35)14-5-6-25-16-28(41)9-11-32(25)40/h8-9,11-12,16-17,20,24,27,29-30,34,36H,5-7,10,13-15,18-19,21-23H2,1-4H3,(H,43,44,47,48,49)/t24-,27-,29+,30-,34+,36-,40-,54?/m0/s1. The second-order valence-electron chi connectivity index (χ2n) is 16.0. The van der Waals surface area contributed by atoms with E-state index >= 15 is 0 Å². The summed E-state index contributed by atoms with van der Waals surface area (Å²) in [4.78, 5) is 30.2. The van der Waals surface area contributed by atoms with Crippen LogP contribution < -0.4 is 19.1 Å². The van der Waals surface area contributed by atoms with E-state index in [2.05, 4.69) is 38.1 Å². The van der Waals surface area contributed by atoms with Crippen LogP contribution in [0, 0.1) is 23.7 Å². The predicted octanol–water partition coefficient (Wildman–Crippen LogP) is 5.99. The number of amides is 2. The van der Waals surface area contributed by atoms with Crippen LogP contribution in [0.4, 0.5) is 5.69 Å². The number of carbonyl (C=O) groups is 2. The predicted molar refractivity (Wildman–Crippen MR) is 206 cm³/mol. The van der Waals surface area contributed by atoms with E-state index in [-0.39, 0.29) is 52.2 Å². The fraction of sp³-hybridized carbons (Fsp3) is 0.575. The van der Waals surface area contributed by atoms with Gasteiger partial charge in [-0.1, -0.05) is 24.6 Å². The van der Waals surface area contributed by atoms with Crippen molar-refractivity contribution in [1.82, 2.24) is 14.5 Å². The van der Waals surface area contributed by atoms with Gasteiger partial charge in [0.2, 0.25) is 5.88 Å². The maximum Gasteiger partial charge on any atom is 0.286 e. The summed E-state index contributed by atoms with van der Waals surface area (Å²) < 4.78 is 47.8. The quantitative estimate of drug-likeness (QED) is 0.339. The summed E-state index contributed by atoms with van der Waals surface area (Å²) in [5, 5.41) is 4.91. The van der Waals surface area contributed by atoms with Gasteiger partial charge >= 0.3 is 0 Å². The summed E-state index contributed by atoms with van der Waals surface area (Å²) >= 11 is 6.49. The Morgan fingerprint density at radius 3 is 2.76 bits per heavy atom. The van der Waals surface area contributed by atoms with Crippen molar-refractivity contribution < 1.29 is 32.7 Å². The summed E-state index contributed by atoms with van der Waals surface area (Å²) in [7, 11) is 1.24. The fourth-order valence-corrected chi connectivity index (χ4v) is 11.4. The van der Waals surface area contributed by atoms with E-state index in [1.54, 1.807) is 13.1 Å². The molecule has 0 radical (unpaired) electrons. The molecule has 2 fully saturated rings. The molecule has 54 heavy (non-hydrogen) atoms. The molecule has 2 amide bonds. The molecule has 8 atom stereocenters. The Morgan fingerprint density at radius 2 is 1.98 bits per heavy atom. The molecule has 290 valence electrons. The molecule has 14 heteroatoms. The van der Waals surface area contributed by atoms with Crippen LogP contribution >= 0.6 is 11.6 Å². The normalized spacial score (nSPS) is 32.2. The molecule has 2 bridgehead atoms. The van der Waals surface area contributed by atoms with Gasteiger partial charge in [0.05, 0.1) is 37.4 Å². The zero-order chi connectivity index (χ0) is 37.8. The molecule has 8 rings (SSSR count). The summed E-state index contributed by atoms with van der Waals surface area (Å²) in [5.74, 6) is 0.494. The summed E-state index contributed by atoms with van der Waals surface area (Å²) in [6.45, 7) is 4.75. The number of nitrogens with one attached hydrogen (secondary N) is 1. The van der Waals surface area contributed by atoms with Crippen LogP contribution in [0.3, 0.4) is 0 Å². The number of aromatic nitrogens is 2.